The maximum atomic E-state index is 12.0. The Morgan fingerprint density at radius 3 is 2.88 bits per heavy atom. The average Bonchev–Trinajstić information content (AvgIpc) is 2.25. The summed E-state index contributed by atoms with van der Waals surface area (Å²) in [5, 5.41) is 2.99. The fourth-order valence-electron chi connectivity index (χ4n) is 2.12. The molecule has 0 atom stereocenters. The minimum atomic E-state index is 0.0257. The van der Waals surface area contributed by atoms with Crippen LogP contribution in [-0.2, 0) is 0 Å². The maximum Gasteiger partial charge on any atom is 0.251 e. The highest BCUT2D eigenvalue weighted by Crippen LogP contribution is 2.28. The van der Waals surface area contributed by atoms with E-state index in [0.717, 1.165) is 34.9 Å². The minimum Gasteiger partial charge on any atom is -0.352 e. The molecule has 0 saturated heterocycles. The monoisotopic (exact) mass is 249 g/mol. The lowest BCUT2D eigenvalue weighted by molar-refractivity contribution is 0.0948. The summed E-state index contributed by atoms with van der Waals surface area (Å²) in [5.41, 5.74) is 1.75. The zero-order valence-electron chi connectivity index (χ0n) is 10.2. The smallest absolute Gasteiger partial charge is 0.251 e. The standard InChI is InChI=1S/C14H19NOS/c1-10-5-6-12(17)9-13(10)14(16)15-8-7-11-3-2-4-11/h5-6,9,11,17H,2-4,7-8H2,1H3,(H,15,16). The van der Waals surface area contributed by atoms with Gasteiger partial charge in [-0.1, -0.05) is 25.3 Å². The summed E-state index contributed by atoms with van der Waals surface area (Å²) >= 11 is 4.26. The number of hydrogen-bond acceptors (Lipinski definition) is 2. The zero-order valence-corrected chi connectivity index (χ0v) is 11.1. The molecule has 2 nitrogen and oxygen atoms in total. The van der Waals surface area contributed by atoms with Crippen molar-refractivity contribution in [1.82, 2.24) is 5.32 Å². The molecule has 0 spiro atoms. The molecule has 2 rings (SSSR count). The summed E-state index contributed by atoms with van der Waals surface area (Å²) in [6, 6.07) is 5.67. The third-order valence-corrected chi connectivity index (χ3v) is 3.81. The van der Waals surface area contributed by atoms with Crippen LogP contribution >= 0.6 is 12.6 Å². The summed E-state index contributed by atoms with van der Waals surface area (Å²) in [6.07, 6.45) is 5.15. The van der Waals surface area contributed by atoms with E-state index in [2.05, 4.69) is 17.9 Å². The first-order valence-corrected chi connectivity index (χ1v) is 6.69. The summed E-state index contributed by atoms with van der Waals surface area (Å²) in [6.45, 7) is 2.74. The van der Waals surface area contributed by atoms with Crippen molar-refractivity contribution in [1.29, 1.82) is 0 Å². The number of thiol groups is 1. The summed E-state index contributed by atoms with van der Waals surface area (Å²) in [4.78, 5) is 12.8. The van der Waals surface area contributed by atoms with Crippen molar-refractivity contribution in [3.63, 3.8) is 0 Å². The van der Waals surface area contributed by atoms with Crippen molar-refractivity contribution in [3.05, 3.63) is 29.3 Å². The normalized spacial score (nSPS) is 15.4. The Labute approximate surface area is 108 Å². The van der Waals surface area contributed by atoms with Gasteiger partial charge in [0.25, 0.3) is 5.91 Å². The van der Waals surface area contributed by atoms with E-state index < -0.39 is 0 Å². The second-order valence-corrected chi connectivity index (χ2v) is 5.36. The second-order valence-electron chi connectivity index (χ2n) is 4.84. The van der Waals surface area contributed by atoms with Crippen LogP contribution in [0.15, 0.2) is 23.1 Å². The molecule has 3 heteroatoms. The van der Waals surface area contributed by atoms with Crippen molar-refractivity contribution in [2.45, 2.75) is 37.5 Å². The Hall–Kier alpha value is -0.960. The number of aryl methyl sites for hydroxylation is 1. The third-order valence-electron chi connectivity index (χ3n) is 3.53. The van der Waals surface area contributed by atoms with Crippen molar-refractivity contribution >= 4 is 18.5 Å². The highest BCUT2D eigenvalue weighted by atomic mass is 32.1. The first kappa shape index (κ1) is 12.5. The number of nitrogens with one attached hydrogen (secondary N) is 1. The molecule has 1 amide bonds. The largest absolute Gasteiger partial charge is 0.352 e. The van der Waals surface area contributed by atoms with E-state index in [-0.39, 0.29) is 5.91 Å². The van der Waals surface area contributed by atoms with Crippen LogP contribution in [0, 0.1) is 12.8 Å². The molecule has 0 radical (unpaired) electrons. The van der Waals surface area contributed by atoms with Crippen LogP contribution in [0.4, 0.5) is 0 Å². The summed E-state index contributed by atoms with van der Waals surface area (Å²) in [5.74, 6) is 0.866. The van der Waals surface area contributed by atoms with Crippen LogP contribution in [0.1, 0.15) is 41.6 Å². The summed E-state index contributed by atoms with van der Waals surface area (Å²) in [7, 11) is 0. The Morgan fingerprint density at radius 2 is 2.24 bits per heavy atom. The van der Waals surface area contributed by atoms with Crippen molar-refractivity contribution < 1.29 is 4.79 Å². The first-order chi connectivity index (χ1) is 8.16. The lowest BCUT2D eigenvalue weighted by Gasteiger charge is -2.25. The molecule has 0 aliphatic heterocycles. The highest BCUT2D eigenvalue weighted by Gasteiger charge is 2.17. The Bertz CT molecular complexity index is 413. The van der Waals surface area contributed by atoms with Gasteiger partial charge < -0.3 is 5.32 Å². The molecule has 0 aromatic heterocycles. The van der Waals surface area contributed by atoms with E-state index in [1.807, 2.05) is 25.1 Å². The number of carbonyl (C=O) groups is 1. The van der Waals surface area contributed by atoms with Crippen LogP contribution < -0.4 is 5.32 Å². The molecule has 92 valence electrons. The predicted molar refractivity (Wildman–Crippen MR) is 72.7 cm³/mol. The van der Waals surface area contributed by atoms with Crippen LogP contribution in [0.25, 0.3) is 0 Å². The fourth-order valence-corrected chi connectivity index (χ4v) is 2.32. The maximum absolute atomic E-state index is 12.0. The van der Waals surface area contributed by atoms with Crippen LogP contribution in [0.3, 0.4) is 0 Å². The zero-order chi connectivity index (χ0) is 12.3. The van der Waals surface area contributed by atoms with E-state index >= 15 is 0 Å². The van der Waals surface area contributed by atoms with E-state index in [1.165, 1.54) is 19.3 Å². The molecule has 0 bridgehead atoms. The van der Waals surface area contributed by atoms with Crippen LogP contribution in [-0.4, -0.2) is 12.5 Å². The number of amides is 1. The molecule has 1 aliphatic rings. The van der Waals surface area contributed by atoms with Gasteiger partial charge in [-0.25, -0.2) is 0 Å². The second kappa shape index (κ2) is 5.58. The molecular formula is C14H19NOS. The molecule has 1 aliphatic carbocycles. The van der Waals surface area contributed by atoms with Gasteiger partial charge in [-0.05, 0) is 37.0 Å². The summed E-state index contributed by atoms with van der Waals surface area (Å²) < 4.78 is 0. The van der Waals surface area contributed by atoms with E-state index in [4.69, 9.17) is 0 Å². The van der Waals surface area contributed by atoms with Crippen LogP contribution in [0.5, 0.6) is 0 Å². The highest BCUT2D eigenvalue weighted by molar-refractivity contribution is 7.80. The lowest BCUT2D eigenvalue weighted by Crippen LogP contribution is -2.27. The van der Waals surface area contributed by atoms with Gasteiger partial charge >= 0.3 is 0 Å². The van der Waals surface area contributed by atoms with Crippen molar-refractivity contribution in [2.24, 2.45) is 5.92 Å². The third kappa shape index (κ3) is 3.25. The van der Waals surface area contributed by atoms with E-state index in [9.17, 15) is 4.79 Å². The molecule has 1 fully saturated rings. The Balaban J connectivity index is 1.87. The molecular weight excluding hydrogens is 230 g/mol. The van der Waals surface area contributed by atoms with Crippen molar-refractivity contribution in [3.8, 4) is 0 Å². The van der Waals surface area contributed by atoms with E-state index in [0.29, 0.717) is 0 Å². The van der Waals surface area contributed by atoms with Gasteiger partial charge in [0.2, 0.25) is 0 Å². The molecule has 1 N–H and O–H groups in total. The van der Waals surface area contributed by atoms with Gasteiger partial charge in [0.1, 0.15) is 0 Å². The fraction of sp³-hybridized carbons (Fsp3) is 0.500. The average molecular weight is 249 g/mol. The molecule has 0 unspecified atom stereocenters. The predicted octanol–water partition coefficient (Wildman–Crippen LogP) is 3.20. The van der Waals surface area contributed by atoms with Gasteiger partial charge in [0, 0.05) is 17.0 Å². The van der Waals surface area contributed by atoms with Crippen LogP contribution in [0.2, 0.25) is 0 Å². The number of rotatable bonds is 4. The van der Waals surface area contributed by atoms with Gasteiger partial charge in [0.15, 0.2) is 0 Å². The number of benzene rings is 1. The molecule has 1 saturated carbocycles. The van der Waals surface area contributed by atoms with Gasteiger partial charge in [-0.2, -0.15) is 0 Å². The quantitative estimate of drug-likeness (QED) is 0.788. The minimum absolute atomic E-state index is 0.0257. The molecule has 1 aromatic rings. The molecule has 0 heterocycles. The first-order valence-electron chi connectivity index (χ1n) is 6.24. The number of carbonyl (C=O) groups excluding carboxylic acids is 1. The number of hydrogen-bond donors (Lipinski definition) is 2. The van der Waals surface area contributed by atoms with Crippen molar-refractivity contribution in [2.75, 3.05) is 6.54 Å². The SMILES string of the molecule is Cc1ccc(S)cc1C(=O)NCCC1CCC1. The Kier molecular flexibility index (Phi) is 4.11. The lowest BCUT2D eigenvalue weighted by atomic mass is 9.83. The Morgan fingerprint density at radius 1 is 1.47 bits per heavy atom. The molecule has 17 heavy (non-hydrogen) atoms. The van der Waals surface area contributed by atoms with Gasteiger partial charge in [-0.15, -0.1) is 12.6 Å². The topological polar surface area (TPSA) is 29.1 Å². The van der Waals surface area contributed by atoms with Gasteiger partial charge in [-0.3, -0.25) is 4.79 Å². The van der Waals surface area contributed by atoms with E-state index in [1.54, 1.807) is 0 Å². The van der Waals surface area contributed by atoms with Gasteiger partial charge in [0.05, 0.1) is 0 Å². The molecule has 1 aromatic carbocycles.